The highest BCUT2D eigenvalue weighted by atomic mass is 127. The third-order valence-corrected chi connectivity index (χ3v) is 5.13. The van der Waals surface area contributed by atoms with Crippen LogP contribution in [0.1, 0.15) is 29.6 Å². The Bertz CT molecular complexity index is 467. The van der Waals surface area contributed by atoms with E-state index in [9.17, 15) is 4.79 Å². The van der Waals surface area contributed by atoms with Gasteiger partial charge in [-0.25, -0.2) is 0 Å². The van der Waals surface area contributed by atoms with Crippen molar-refractivity contribution in [3.05, 3.63) is 31.8 Å². The summed E-state index contributed by atoms with van der Waals surface area (Å²) in [5.41, 5.74) is 0.793. The molecule has 0 aliphatic carbocycles. The molecule has 19 heavy (non-hydrogen) atoms. The SMILES string of the molecule is O=C(c1cc(Br)ccc1I)N1CCCC(CCCl)C1. The Morgan fingerprint density at radius 3 is 3.05 bits per heavy atom. The first kappa shape index (κ1) is 15.6. The Balaban J connectivity index is 2.12. The van der Waals surface area contributed by atoms with E-state index in [1.54, 1.807) is 0 Å². The summed E-state index contributed by atoms with van der Waals surface area (Å²) in [6, 6.07) is 5.85. The number of benzene rings is 1. The van der Waals surface area contributed by atoms with Crippen LogP contribution in [-0.4, -0.2) is 29.8 Å². The van der Waals surface area contributed by atoms with Gasteiger partial charge in [-0.3, -0.25) is 4.79 Å². The van der Waals surface area contributed by atoms with Crippen molar-refractivity contribution in [3.8, 4) is 0 Å². The Hall–Kier alpha value is 0.190. The second-order valence-electron chi connectivity index (χ2n) is 4.86. The third kappa shape index (κ3) is 4.08. The summed E-state index contributed by atoms with van der Waals surface area (Å²) in [7, 11) is 0. The van der Waals surface area contributed by atoms with Gasteiger partial charge in [0, 0.05) is 27.0 Å². The molecular weight excluding hydrogens is 440 g/mol. The minimum atomic E-state index is 0.143. The van der Waals surface area contributed by atoms with E-state index >= 15 is 0 Å². The molecule has 1 amide bonds. The Morgan fingerprint density at radius 1 is 1.53 bits per heavy atom. The van der Waals surface area contributed by atoms with Gasteiger partial charge in [0.1, 0.15) is 0 Å². The maximum Gasteiger partial charge on any atom is 0.254 e. The number of rotatable bonds is 3. The highest BCUT2D eigenvalue weighted by Crippen LogP contribution is 2.24. The lowest BCUT2D eigenvalue weighted by Gasteiger charge is -2.32. The van der Waals surface area contributed by atoms with E-state index in [1.807, 2.05) is 23.1 Å². The van der Waals surface area contributed by atoms with Crippen molar-refractivity contribution in [2.75, 3.05) is 19.0 Å². The highest BCUT2D eigenvalue weighted by Gasteiger charge is 2.25. The monoisotopic (exact) mass is 455 g/mol. The van der Waals surface area contributed by atoms with Crippen molar-refractivity contribution < 1.29 is 4.79 Å². The van der Waals surface area contributed by atoms with Crippen LogP contribution in [0.5, 0.6) is 0 Å². The predicted octanol–water partition coefficient (Wildman–Crippen LogP) is 4.53. The minimum absolute atomic E-state index is 0.143. The zero-order valence-corrected chi connectivity index (χ0v) is 15.0. The van der Waals surface area contributed by atoms with Crippen LogP contribution in [0.2, 0.25) is 0 Å². The van der Waals surface area contributed by atoms with Crippen LogP contribution in [0.4, 0.5) is 0 Å². The van der Waals surface area contributed by atoms with Crippen LogP contribution in [0.3, 0.4) is 0 Å². The van der Waals surface area contributed by atoms with Crippen molar-refractivity contribution in [2.45, 2.75) is 19.3 Å². The molecule has 0 N–H and O–H groups in total. The van der Waals surface area contributed by atoms with Crippen LogP contribution in [0.15, 0.2) is 22.7 Å². The molecule has 0 aromatic heterocycles. The number of carbonyl (C=O) groups excluding carboxylic acids is 1. The first-order chi connectivity index (χ1) is 9.11. The fraction of sp³-hybridized carbons (Fsp3) is 0.500. The molecule has 2 rings (SSSR count). The fourth-order valence-corrected chi connectivity index (χ4v) is 3.71. The smallest absolute Gasteiger partial charge is 0.254 e. The normalized spacial score (nSPS) is 19.5. The first-order valence-electron chi connectivity index (χ1n) is 6.42. The number of hydrogen-bond donors (Lipinski definition) is 0. The van der Waals surface area contributed by atoms with E-state index in [4.69, 9.17) is 11.6 Å². The number of alkyl halides is 1. The summed E-state index contributed by atoms with van der Waals surface area (Å²) in [4.78, 5) is 14.6. The number of nitrogens with zero attached hydrogens (tertiary/aromatic N) is 1. The molecule has 104 valence electrons. The third-order valence-electron chi connectivity index (χ3n) is 3.48. The van der Waals surface area contributed by atoms with Gasteiger partial charge in [0.15, 0.2) is 0 Å². The Labute approximate surface area is 141 Å². The van der Waals surface area contributed by atoms with Crippen LogP contribution in [0.25, 0.3) is 0 Å². The lowest BCUT2D eigenvalue weighted by molar-refractivity contribution is 0.0670. The molecule has 1 fully saturated rings. The number of halogens is 3. The number of hydrogen-bond acceptors (Lipinski definition) is 1. The lowest BCUT2D eigenvalue weighted by Crippen LogP contribution is -2.40. The van der Waals surface area contributed by atoms with Crippen LogP contribution >= 0.6 is 50.1 Å². The summed E-state index contributed by atoms with van der Waals surface area (Å²) in [6.45, 7) is 1.70. The fourth-order valence-electron chi connectivity index (χ4n) is 2.47. The Morgan fingerprint density at radius 2 is 2.32 bits per heavy atom. The largest absolute Gasteiger partial charge is 0.338 e. The molecule has 1 aliphatic heterocycles. The predicted molar refractivity (Wildman–Crippen MR) is 90.8 cm³/mol. The summed E-state index contributed by atoms with van der Waals surface area (Å²) in [5, 5.41) is 0. The van der Waals surface area contributed by atoms with Gasteiger partial charge < -0.3 is 4.90 Å². The van der Waals surface area contributed by atoms with Crippen molar-refractivity contribution in [1.29, 1.82) is 0 Å². The number of likely N-dealkylation sites (tertiary alicyclic amines) is 1. The standard InChI is InChI=1S/C14H16BrClINO/c15-11-3-4-13(17)12(8-11)14(19)18-7-1-2-10(9-18)5-6-16/h3-4,8,10H,1-2,5-7,9H2. The topological polar surface area (TPSA) is 20.3 Å². The van der Waals surface area contributed by atoms with Gasteiger partial charge in [0.25, 0.3) is 5.91 Å². The Kier molecular flexibility index (Phi) is 5.96. The zero-order valence-electron chi connectivity index (χ0n) is 10.5. The van der Waals surface area contributed by atoms with E-state index in [0.29, 0.717) is 11.8 Å². The van der Waals surface area contributed by atoms with Gasteiger partial charge in [-0.1, -0.05) is 15.9 Å². The molecule has 1 aromatic carbocycles. The second kappa shape index (κ2) is 7.27. The minimum Gasteiger partial charge on any atom is -0.338 e. The van der Waals surface area contributed by atoms with Gasteiger partial charge >= 0.3 is 0 Å². The van der Waals surface area contributed by atoms with Gasteiger partial charge in [-0.15, -0.1) is 11.6 Å². The first-order valence-corrected chi connectivity index (χ1v) is 8.82. The van der Waals surface area contributed by atoms with Crippen molar-refractivity contribution >= 4 is 56.0 Å². The van der Waals surface area contributed by atoms with E-state index in [-0.39, 0.29) is 5.91 Å². The van der Waals surface area contributed by atoms with Crippen molar-refractivity contribution in [2.24, 2.45) is 5.92 Å². The number of carbonyl (C=O) groups is 1. The summed E-state index contributed by atoms with van der Waals surface area (Å²) in [6.07, 6.45) is 3.27. The van der Waals surface area contributed by atoms with E-state index in [1.165, 1.54) is 6.42 Å². The molecule has 1 unspecified atom stereocenters. The molecule has 2 nitrogen and oxygen atoms in total. The number of piperidine rings is 1. The quantitative estimate of drug-likeness (QED) is 0.483. The molecule has 0 spiro atoms. The van der Waals surface area contributed by atoms with E-state index in [2.05, 4.69) is 38.5 Å². The van der Waals surface area contributed by atoms with Crippen molar-refractivity contribution in [1.82, 2.24) is 4.90 Å². The molecule has 1 aromatic rings. The van der Waals surface area contributed by atoms with Crippen LogP contribution in [0, 0.1) is 9.49 Å². The molecule has 1 heterocycles. The molecule has 1 atom stereocenters. The van der Waals surface area contributed by atoms with Crippen molar-refractivity contribution in [3.63, 3.8) is 0 Å². The molecule has 1 aliphatic rings. The molecule has 5 heteroatoms. The van der Waals surface area contributed by atoms with Gasteiger partial charge in [-0.2, -0.15) is 0 Å². The average Bonchev–Trinajstić information content (AvgIpc) is 2.41. The van der Waals surface area contributed by atoms with Crippen LogP contribution in [-0.2, 0) is 0 Å². The molecule has 0 saturated carbocycles. The summed E-state index contributed by atoms with van der Waals surface area (Å²) >= 11 is 11.5. The molecule has 0 radical (unpaired) electrons. The zero-order chi connectivity index (χ0) is 13.8. The van der Waals surface area contributed by atoms with E-state index < -0.39 is 0 Å². The van der Waals surface area contributed by atoms with Gasteiger partial charge in [0.2, 0.25) is 0 Å². The molecule has 1 saturated heterocycles. The maximum absolute atomic E-state index is 12.6. The van der Waals surface area contributed by atoms with Gasteiger partial charge in [0.05, 0.1) is 5.56 Å². The average molecular weight is 457 g/mol. The molecule has 0 bridgehead atoms. The van der Waals surface area contributed by atoms with Crippen LogP contribution < -0.4 is 0 Å². The summed E-state index contributed by atoms with van der Waals surface area (Å²) < 4.78 is 1.95. The summed E-state index contributed by atoms with van der Waals surface area (Å²) in [5.74, 6) is 1.38. The molecular formula is C14H16BrClINO. The lowest BCUT2D eigenvalue weighted by atomic mass is 9.95. The maximum atomic E-state index is 12.6. The van der Waals surface area contributed by atoms with E-state index in [0.717, 1.165) is 39.5 Å². The van der Waals surface area contributed by atoms with Gasteiger partial charge in [-0.05, 0) is 66.0 Å². The highest BCUT2D eigenvalue weighted by molar-refractivity contribution is 14.1. The number of amides is 1. The second-order valence-corrected chi connectivity index (χ2v) is 7.32.